The smallest absolute Gasteiger partial charge is 0.264 e. The van der Waals surface area contributed by atoms with Crippen LogP contribution in [-0.4, -0.2) is 62.1 Å². The first-order valence-corrected chi connectivity index (χ1v) is 9.32. The van der Waals surface area contributed by atoms with Gasteiger partial charge < -0.3 is 14.4 Å². The Hall–Kier alpha value is -2.05. The summed E-state index contributed by atoms with van der Waals surface area (Å²) < 4.78 is 10.9. The van der Waals surface area contributed by atoms with Crippen molar-refractivity contribution in [1.82, 2.24) is 9.80 Å². The van der Waals surface area contributed by atoms with E-state index in [0.717, 1.165) is 49.1 Å². The van der Waals surface area contributed by atoms with Crippen LogP contribution in [0.1, 0.15) is 14.5 Å². The van der Waals surface area contributed by atoms with Crippen molar-refractivity contribution < 1.29 is 14.3 Å². The molecular formula is C19H24N2O3S. The maximum Gasteiger partial charge on any atom is 0.264 e. The van der Waals surface area contributed by atoms with Crippen LogP contribution in [0.4, 0.5) is 0 Å². The number of nitrogens with zero attached hydrogens (tertiary/aromatic N) is 2. The monoisotopic (exact) mass is 360 g/mol. The molecule has 1 fully saturated rings. The summed E-state index contributed by atoms with van der Waals surface area (Å²) in [5.74, 6) is 1.84. The number of thiophene rings is 1. The predicted octanol–water partition coefficient (Wildman–Crippen LogP) is 2.90. The number of carbonyl (C=O) groups excluding carboxylic acids is 1. The van der Waals surface area contributed by atoms with Gasteiger partial charge in [-0.05, 0) is 43.3 Å². The first-order chi connectivity index (χ1) is 12.2. The van der Waals surface area contributed by atoms with Gasteiger partial charge in [-0.1, -0.05) is 0 Å². The third-order valence-electron chi connectivity index (χ3n) is 4.35. The third-order valence-corrected chi connectivity index (χ3v) is 5.34. The number of methoxy groups -OCH3 is 1. The molecule has 0 unspecified atom stereocenters. The summed E-state index contributed by atoms with van der Waals surface area (Å²) >= 11 is 1.57. The van der Waals surface area contributed by atoms with Gasteiger partial charge in [0.2, 0.25) is 0 Å². The van der Waals surface area contributed by atoms with Gasteiger partial charge in [-0.3, -0.25) is 9.69 Å². The summed E-state index contributed by atoms with van der Waals surface area (Å²) in [6.07, 6.45) is 0. The Bertz CT molecular complexity index is 691. The Labute approximate surface area is 152 Å². The maximum absolute atomic E-state index is 12.5. The molecule has 1 aromatic carbocycles. The SMILES string of the molecule is COc1ccc(OCCN2CCN(C(=O)c3ccc(C)s3)CC2)cc1. The van der Waals surface area contributed by atoms with Crippen LogP contribution in [0.25, 0.3) is 0 Å². The standard InChI is InChI=1S/C19H24N2O3S/c1-15-3-8-18(25-15)19(22)21-11-9-20(10-12-21)13-14-24-17-6-4-16(23-2)5-7-17/h3-8H,9-14H2,1-2H3. The zero-order chi connectivity index (χ0) is 17.6. The van der Waals surface area contributed by atoms with Crippen molar-refractivity contribution in [3.05, 3.63) is 46.2 Å². The van der Waals surface area contributed by atoms with Crippen LogP contribution in [0.15, 0.2) is 36.4 Å². The van der Waals surface area contributed by atoms with Crippen LogP contribution in [-0.2, 0) is 0 Å². The highest BCUT2D eigenvalue weighted by Gasteiger charge is 2.22. The lowest BCUT2D eigenvalue weighted by molar-refractivity contribution is 0.0625. The summed E-state index contributed by atoms with van der Waals surface area (Å²) in [5.41, 5.74) is 0. The van der Waals surface area contributed by atoms with Gasteiger partial charge >= 0.3 is 0 Å². The lowest BCUT2D eigenvalue weighted by Gasteiger charge is -2.34. The van der Waals surface area contributed by atoms with Crippen LogP contribution in [0, 0.1) is 6.92 Å². The van der Waals surface area contributed by atoms with Gasteiger partial charge in [0.1, 0.15) is 18.1 Å². The van der Waals surface area contributed by atoms with Gasteiger partial charge in [-0.2, -0.15) is 0 Å². The zero-order valence-electron chi connectivity index (χ0n) is 14.7. The molecule has 0 atom stereocenters. The fourth-order valence-corrected chi connectivity index (χ4v) is 3.68. The average Bonchev–Trinajstić information content (AvgIpc) is 3.09. The van der Waals surface area contributed by atoms with Crippen molar-refractivity contribution in [3.63, 3.8) is 0 Å². The fourth-order valence-electron chi connectivity index (χ4n) is 2.84. The van der Waals surface area contributed by atoms with E-state index in [2.05, 4.69) is 4.90 Å². The molecule has 134 valence electrons. The van der Waals surface area contributed by atoms with Gasteiger partial charge in [0, 0.05) is 37.6 Å². The zero-order valence-corrected chi connectivity index (χ0v) is 15.6. The van der Waals surface area contributed by atoms with Gasteiger partial charge in [0.25, 0.3) is 5.91 Å². The van der Waals surface area contributed by atoms with Crippen molar-refractivity contribution in [2.24, 2.45) is 0 Å². The van der Waals surface area contributed by atoms with Crippen molar-refractivity contribution in [3.8, 4) is 11.5 Å². The van der Waals surface area contributed by atoms with Crippen LogP contribution in [0.2, 0.25) is 0 Å². The summed E-state index contributed by atoms with van der Waals surface area (Å²) in [6.45, 7) is 6.87. The number of hydrogen-bond donors (Lipinski definition) is 0. The molecular weight excluding hydrogens is 336 g/mol. The van der Waals surface area contributed by atoms with E-state index in [1.807, 2.05) is 48.2 Å². The highest BCUT2D eigenvalue weighted by Crippen LogP contribution is 2.19. The topological polar surface area (TPSA) is 42.0 Å². The van der Waals surface area contributed by atoms with E-state index >= 15 is 0 Å². The van der Waals surface area contributed by atoms with Crippen LogP contribution in [0.3, 0.4) is 0 Å². The van der Waals surface area contributed by atoms with Crippen molar-refractivity contribution in [1.29, 1.82) is 0 Å². The molecule has 2 heterocycles. The van der Waals surface area contributed by atoms with Crippen LogP contribution < -0.4 is 9.47 Å². The fraction of sp³-hybridized carbons (Fsp3) is 0.421. The van der Waals surface area contributed by atoms with E-state index in [0.29, 0.717) is 6.61 Å². The molecule has 6 heteroatoms. The second kappa shape index (κ2) is 8.36. The number of benzene rings is 1. The van der Waals surface area contributed by atoms with Gasteiger partial charge in [-0.15, -0.1) is 11.3 Å². The predicted molar refractivity (Wildman–Crippen MR) is 99.9 cm³/mol. The van der Waals surface area contributed by atoms with E-state index in [9.17, 15) is 4.79 Å². The minimum Gasteiger partial charge on any atom is -0.497 e. The average molecular weight is 360 g/mol. The minimum atomic E-state index is 0.159. The van der Waals surface area contributed by atoms with Gasteiger partial charge in [-0.25, -0.2) is 0 Å². The highest BCUT2D eigenvalue weighted by atomic mass is 32.1. The molecule has 5 nitrogen and oxygen atoms in total. The molecule has 0 saturated carbocycles. The van der Waals surface area contributed by atoms with E-state index < -0.39 is 0 Å². The third kappa shape index (κ3) is 4.74. The Morgan fingerprint density at radius 1 is 1.04 bits per heavy atom. The molecule has 1 aliphatic heterocycles. The number of piperazine rings is 1. The number of ether oxygens (including phenoxy) is 2. The largest absolute Gasteiger partial charge is 0.497 e. The second-order valence-corrected chi connectivity index (χ2v) is 7.36. The maximum atomic E-state index is 12.5. The summed E-state index contributed by atoms with van der Waals surface area (Å²) in [5, 5.41) is 0. The molecule has 0 bridgehead atoms. The summed E-state index contributed by atoms with van der Waals surface area (Å²) in [7, 11) is 1.65. The number of rotatable bonds is 6. The number of carbonyl (C=O) groups is 1. The van der Waals surface area contributed by atoms with Gasteiger partial charge in [0.15, 0.2) is 0 Å². The Kier molecular flexibility index (Phi) is 5.94. The van der Waals surface area contributed by atoms with Crippen LogP contribution >= 0.6 is 11.3 Å². The lowest BCUT2D eigenvalue weighted by atomic mass is 10.3. The Morgan fingerprint density at radius 2 is 1.72 bits per heavy atom. The summed E-state index contributed by atoms with van der Waals surface area (Å²) in [4.78, 5) is 18.8. The van der Waals surface area contributed by atoms with Crippen molar-refractivity contribution in [2.75, 3.05) is 46.4 Å². The number of aryl methyl sites for hydroxylation is 1. The molecule has 0 aliphatic carbocycles. The van der Waals surface area contributed by atoms with Crippen molar-refractivity contribution >= 4 is 17.2 Å². The van der Waals surface area contributed by atoms with E-state index in [1.54, 1.807) is 18.4 Å². The summed E-state index contributed by atoms with van der Waals surface area (Å²) in [6, 6.07) is 11.6. The molecule has 0 spiro atoms. The quantitative estimate of drug-likeness (QED) is 0.794. The lowest BCUT2D eigenvalue weighted by Crippen LogP contribution is -2.49. The molecule has 1 amide bonds. The van der Waals surface area contributed by atoms with E-state index in [1.165, 1.54) is 4.88 Å². The van der Waals surface area contributed by atoms with Crippen molar-refractivity contribution in [2.45, 2.75) is 6.92 Å². The molecule has 3 rings (SSSR count). The van der Waals surface area contributed by atoms with E-state index in [-0.39, 0.29) is 5.91 Å². The molecule has 2 aromatic rings. The van der Waals surface area contributed by atoms with Gasteiger partial charge in [0.05, 0.1) is 12.0 Å². The first-order valence-electron chi connectivity index (χ1n) is 8.50. The normalized spacial score (nSPS) is 15.2. The molecule has 1 saturated heterocycles. The minimum absolute atomic E-state index is 0.159. The molecule has 1 aliphatic rings. The molecule has 0 N–H and O–H groups in total. The van der Waals surface area contributed by atoms with E-state index in [4.69, 9.17) is 9.47 Å². The Morgan fingerprint density at radius 3 is 2.32 bits per heavy atom. The molecule has 0 radical (unpaired) electrons. The Balaban J connectivity index is 1.39. The highest BCUT2D eigenvalue weighted by molar-refractivity contribution is 7.13. The molecule has 25 heavy (non-hydrogen) atoms. The second-order valence-electron chi connectivity index (χ2n) is 6.07. The first kappa shape index (κ1) is 17.8. The molecule has 1 aromatic heterocycles. The van der Waals surface area contributed by atoms with Crippen LogP contribution in [0.5, 0.6) is 11.5 Å². The number of hydrogen-bond acceptors (Lipinski definition) is 5. The number of amides is 1.